The van der Waals surface area contributed by atoms with E-state index in [1.807, 2.05) is 0 Å². The van der Waals surface area contributed by atoms with Crippen LogP contribution >= 0.6 is 11.6 Å². The Balaban J connectivity index is 2.42. The summed E-state index contributed by atoms with van der Waals surface area (Å²) in [5.41, 5.74) is -0.832. The van der Waals surface area contributed by atoms with E-state index in [0.717, 1.165) is 0 Å². The molecule has 1 N–H and O–H groups in total. The van der Waals surface area contributed by atoms with Crippen LogP contribution in [0.3, 0.4) is 0 Å². The van der Waals surface area contributed by atoms with E-state index in [9.17, 15) is 9.59 Å². The zero-order chi connectivity index (χ0) is 13.3. The third kappa shape index (κ3) is 2.14. The van der Waals surface area contributed by atoms with E-state index >= 15 is 0 Å². The minimum absolute atomic E-state index is 0.170. The first kappa shape index (κ1) is 12.4. The van der Waals surface area contributed by atoms with Crippen molar-refractivity contribution >= 4 is 17.6 Å². The van der Waals surface area contributed by atoms with Gasteiger partial charge < -0.3 is 14.2 Å². The number of nitrogens with zero attached hydrogens (tertiary/aromatic N) is 3. The maximum Gasteiger partial charge on any atom is 0.341 e. The maximum atomic E-state index is 11.8. The van der Waals surface area contributed by atoms with E-state index in [4.69, 9.17) is 16.7 Å². The lowest BCUT2D eigenvalue weighted by molar-refractivity contribution is 0.0694. The minimum atomic E-state index is -1.24. The number of carboxylic acid groups (broad SMARTS) is 1. The average Bonchev–Trinajstić information content (AvgIpc) is 2.63. The Morgan fingerprint density at radius 3 is 2.83 bits per heavy atom. The third-order valence-electron chi connectivity index (χ3n) is 2.59. The molecule has 0 aliphatic heterocycles. The van der Waals surface area contributed by atoms with E-state index in [0.29, 0.717) is 11.0 Å². The predicted molar refractivity (Wildman–Crippen MR) is 65.0 cm³/mol. The molecule has 6 nitrogen and oxygen atoms in total. The van der Waals surface area contributed by atoms with Gasteiger partial charge >= 0.3 is 5.97 Å². The van der Waals surface area contributed by atoms with Crippen LogP contribution in [0, 0.1) is 0 Å². The van der Waals surface area contributed by atoms with Crippen molar-refractivity contribution < 1.29 is 9.90 Å². The van der Waals surface area contributed by atoms with Crippen LogP contribution in [-0.4, -0.2) is 25.2 Å². The second kappa shape index (κ2) is 4.66. The molecule has 2 rings (SSSR count). The molecule has 0 aromatic carbocycles. The van der Waals surface area contributed by atoms with Crippen LogP contribution in [0.4, 0.5) is 0 Å². The van der Waals surface area contributed by atoms with Gasteiger partial charge in [0.2, 0.25) is 0 Å². The number of imidazole rings is 1. The highest BCUT2D eigenvalue weighted by Crippen LogP contribution is 2.09. The largest absolute Gasteiger partial charge is 0.477 e. The topological polar surface area (TPSA) is 77.1 Å². The number of pyridine rings is 1. The molecule has 94 valence electrons. The fourth-order valence-corrected chi connectivity index (χ4v) is 1.69. The highest BCUT2D eigenvalue weighted by Gasteiger charge is 2.12. The summed E-state index contributed by atoms with van der Waals surface area (Å²) in [5.74, 6) is -0.670. The van der Waals surface area contributed by atoms with Gasteiger partial charge in [0.25, 0.3) is 5.56 Å². The van der Waals surface area contributed by atoms with Gasteiger partial charge in [-0.05, 0) is 12.1 Å². The number of rotatable bonds is 3. The third-order valence-corrected chi connectivity index (χ3v) is 2.94. The Kier molecular flexibility index (Phi) is 3.20. The van der Waals surface area contributed by atoms with E-state index in [1.54, 1.807) is 11.6 Å². The number of carbonyl (C=O) groups is 1. The molecule has 0 radical (unpaired) electrons. The lowest BCUT2D eigenvalue weighted by Gasteiger charge is -2.06. The van der Waals surface area contributed by atoms with Gasteiger partial charge in [0.1, 0.15) is 16.5 Å². The zero-order valence-corrected chi connectivity index (χ0v) is 10.3. The summed E-state index contributed by atoms with van der Waals surface area (Å²) in [6.07, 6.45) is 2.99. The first-order valence-corrected chi connectivity index (χ1v) is 5.47. The molecule has 2 heterocycles. The first-order chi connectivity index (χ1) is 8.50. The molecule has 0 saturated carbocycles. The Morgan fingerprint density at radius 2 is 2.28 bits per heavy atom. The Labute approximate surface area is 107 Å². The highest BCUT2D eigenvalue weighted by atomic mass is 35.5. The summed E-state index contributed by atoms with van der Waals surface area (Å²) < 4.78 is 2.91. The molecule has 0 fully saturated rings. The van der Waals surface area contributed by atoms with Gasteiger partial charge in [-0.15, -0.1) is 0 Å². The van der Waals surface area contributed by atoms with Gasteiger partial charge in [0.15, 0.2) is 0 Å². The quantitative estimate of drug-likeness (QED) is 0.899. The Morgan fingerprint density at radius 1 is 1.56 bits per heavy atom. The second-order valence-electron chi connectivity index (χ2n) is 3.72. The molecule has 0 spiro atoms. The van der Waals surface area contributed by atoms with E-state index in [1.165, 1.54) is 29.1 Å². The van der Waals surface area contributed by atoms with Crippen molar-refractivity contribution in [2.75, 3.05) is 0 Å². The number of hydrogen-bond acceptors (Lipinski definition) is 3. The minimum Gasteiger partial charge on any atom is -0.477 e. The molecular formula is C11H10ClN3O3. The van der Waals surface area contributed by atoms with Gasteiger partial charge in [0.05, 0.1) is 12.7 Å². The lowest BCUT2D eigenvalue weighted by Crippen LogP contribution is -2.26. The number of halogens is 1. The van der Waals surface area contributed by atoms with Crippen LogP contribution in [0.25, 0.3) is 0 Å². The molecule has 18 heavy (non-hydrogen) atoms. The fourth-order valence-electron chi connectivity index (χ4n) is 1.55. The predicted octanol–water partition coefficient (Wildman–Crippen LogP) is 0.982. The van der Waals surface area contributed by atoms with Crippen LogP contribution in [-0.2, 0) is 13.6 Å². The van der Waals surface area contributed by atoms with E-state index < -0.39 is 11.5 Å². The molecule has 2 aromatic heterocycles. The van der Waals surface area contributed by atoms with Crippen molar-refractivity contribution in [1.29, 1.82) is 0 Å². The smallest absolute Gasteiger partial charge is 0.341 e. The zero-order valence-electron chi connectivity index (χ0n) is 9.50. The molecule has 0 amide bonds. The number of aromatic carboxylic acids is 1. The Bertz CT molecular complexity index is 660. The molecule has 0 atom stereocenters. The average molecular weight is 268 g/mol. The molecule has 0 aliphatic carbocycles. The van der Waals surface area contributed by atoms with Crippen molar-refractivity contribution in [1.82, 2.24) is 14.1 Å². The monoisotopic (exact) mass is 267 g/mol. The molecule has 0 saturated heterocycles. The van der Waals surface area contributed by atoms with Crippen LogP contribution in [0.2, 0.25) is 5.15 Å². The summed E-state index contributed by atoms with van der Waals surface area (Å²) in [6, 6.07) is 2.78. The van der Waals surface area contributed by atoms with Crippen molar-refractivity contribution in [3.63, 3.8) is 0 Å². The molecule has 2 aromatic rings. The SMILES string of the molecule is Cn1c(Cl)cnc1Cn1cccc(C(=O)O)c1=O. The van der Waals surface area contributed by atoms with Crippen LogP contribution in [0.5, 0.6) is 0 Å². The van der Waals surface area contributed by atoms with Crippen LogP contribution < -0.4 is 5.56 Å². The summed E-state index contributed by atoms with van der Waals surface area (Å²) in [7, 11) is 1.72. The van der Waals surface area contributed by atoms with Crippen molar-refractivity contribution in [2.45, 2.75) is 6.54 Å². The fraction of sp³-hybridized carbons (Fsp3) is 0.182. The van der Waals surface area contributed by atoms with Crippen LogP contribution in [0.1, 0.15) is 16.2 Å². The number of hydrogen-bond donors (Lipinski definition) is 1. The highest BCUT2D eigenvalue weighted by molar-refractivity contribution is 6.29. The molecule has 7 heteroatoms. The molecule has 0 unspecified atom stereocenters. The van der Waals surface area contributed by atoms with Crippen molar-refractivity contribution in [2.24, 2.45) is 7.05 Å². The summed E-state index contributed by atoms with van der Waals surface area (Å²) in [6.45, 7) is 0.170. The molecule has 0 bridgehead atoms. The first-order valence-electron chi connectivity index (χ1n) is 5.09. The summed E-state index contributed by atoms with van der Waals surface area (Å²) >= 11 is 5.84. The molecule has 0 aliphatic rings. The second-order valence-corrected chi connectivity index (χ2v) is 4.10. The Hall–Kier alpha value is -2.08. The summed E-state index contributed by atoms with van der Waals surface area (Å²) in [5, 5.41) is 9.31. The van der Waals surface area contributed by atoms with Gasteiger partial charge in [-0.25, -0.2) is 9.78 Å². The number of carboxylic acids is 1. The van der Waals surface area contributed by atoms with E-state index in [-0.39, 0.29) is 12.1 Å². The van der Waals surface area contributed by atoms with Gasteiger partial charge in [0, 0.05) is 13.2 Å². The summed E-state index contributed by atoms with van der Waals surface area (Å²) in [4.78, 5) is 26.7. The molecular weight excluding hydrogens is 258 g/mol. The maximum absolute atomic E-state index is 11.8. The van der Waals surface area contributed by atoms with Crippen molar-refractivity contribution in [3.8, 4) is 0 Å². The number of aromatic nitrogens is 3. The van der Waals surface area contributed by atoms with Gasteiger partial charge in [-0.1, -0.05) is 11.6 Å². The van der Waals surface area contributed by atoms with Gasteiger partial charge in [-0.2, -0.15) is 0 Å². The normalized spacial score (nSPS) is 10.6. The van der Waals surface area contributed by atoms with Gasteiger partial charge in [-0.3, -0.25) is 4.79 Å². The van der Waals surface area contributed by atoms with E-state index in [2.05, 4.69) is 4.98 Å². The van der Waals surface area contributed by atoms with Crippen molar-refractivity contribution in [3.05, 3.63) is 51.4 Å². The standard InChI is InChI=1S/C11H10ClN3O3/c1-14-8(12)5-13-9(14)6-15-4-2-3-7(10(15)16)11(17)18/h2-5H,6H2,1H3,(H,17,18). The lowest BCUT2D eigenvalue weighted by atomic mass is 10.3. The van der Waals surface area contributed by atoms with Crippen LogP contribution in [0.15, 0.2) is 29.3 Å².